The molecule has 12 nitrogen and oxygen atoms in total. The van der Waals surface area contributed by atoms with Crippen molar-refractivity contribution in [2.24, 2.45) is 0 Å². The molecule has 4 atom stereocenters. The van der Waals surface area contributed by atoms with E-state index in [2.05, 4.69) is 4.98 Å². The van der Waals surface area contributed by atoms with Crippen molar-refractivity contribution in [2.45, 2.75) is 51.9 Å². The molecule has 0 saturated carbocycles. The van der Waals surface area contributed by atoms with Gasteiger partial charge in [0, 0.05) is 32.5 Å². The van der Waals surface area contributed by atoms with E-state index in [1.165, 1.54) is 20.0 Å². The first-order valence-corrected chi connectivity index (χ1v) is 8.25. The van der Waals surface area contributed by atoms with Crippen molar-refractivity contribution in [3.63, 3.8) is 0 Å². The number of esters is 3. The number of aliphatic hydroxyl groups excluding tert-OH is 1. The second-order valence-electron chi connectivity index (χ2n) is 6.05. The van der Waals surface area contributed by atoms with E-state index in [0.29, 0.717) is 0 Å². The summed E-state index contributed by atoms with van der Waals surface area (Å²) in [6, 6.07) is 0. The fraction of sp³-hybridized carbons (Fsp3) is 0.562. The highest BCUT2D eigenvalue weighted by Gasteiger charge is 2.48. The Bertz CT molecular complexity index is 822. The van der Waals surface area contributed by atoms with Gasteiger partial charge in [-0.15, -0.1) is 0 Å². The number of nitrogens with two attached hydrogens (primary N) is 1. The molecule has 0 radical (unpaired) electrons. The van der Waals surface area contributed by atoms with Crippen molar-refractivity contribution >= 4 is 23.7 Å². The number of anilines is 1. The van der Waals surface area contributed by atoms with Crippen LogP contribution in [0.5, 0.6) is 0 Å². The molecule has 1 fully saturated rings. The first kappa shape index (κ1) is 21.3. The standard InChI is InChI=1S/C16H21N3O9/c1-7(20)25-5-10-4-19(16(24)18-14(10)17)15-12(23)13(27-9(3)22)11(28-15)6-26-8(2)21/h4,11-13,15,23H,5-6H2,1-3H3,(H2,17,18,24)/t11-,12+,13-,15-/m1/s1. The smallest absolute Gasteiger partial charge is 0.351 e. The summed E-state index contributed by atoms with van der Waals surface area (Å²) in [5.41, 5.74) is 5.03. The van der Waals surface area contributed by atoms with E-state index in [1.807, 2.05) is 0 Å². The monoisotopic (exact) mass is 399 g/mol. The van der Waals surface area contributed by atoms with E-state index in [-0.39, 0.29) is 24.6 Å². The lowest BCUT2D eigenvalue weighted by Crippen LogP contribution is -2.39. The van der Waals surface area contributed by atoms with Crippen LogP contribution in [0.3, 0.4) is 0 Å². The number of aliphatic hydroxyl groups is 1. The molecule has 1 aliphatic rings. The second-order valence-corrected chi connectivity index (χ2v) is 6.05. The van der Waals surface area contributed by atoms with Crippen LogP contribution in [0.1, 0.15) is 32.6 Å². The lowest BCUT2D eigenvalue weighted by molar-refractivity contribution is -0.157. The summed E-state index contributed by atoms with van der Waals surface area (Å²) in [5, 5.41) is 10.5. The van der Waals surface area contributed by atoms with E-state index in [9.17, 15) is 24.3 Å². The van der Waals surface area contributed by atoms with E-state index < -0.39 is 48.1 Å². The van der Waals surface area contributed by atoms with Crippen LogP contribution < -0.4 is 11.4 Å². The Balaban J connectivity index is 2.33. The van der Waals surface area contributed by atoms with Gasteiger partial charge in [0.1, 0.15) is 31.2 Å². The zero-order valence-corrected chi connectivity index (χ0v) is 15.5. The lowest BCUT2D eigenvalue weighted by atomic mass is 10.1. The van der Waals surface area contributed by atoms with E-state index in [1.54, 1.807) is 0 Å². The number of ether oxygens (including phenoxy) is 4. The summed E-state index contributed by atoms with van der Waals surface area (Å²) in [7, 11) is 0. The molecule has 1 aromatic heterocycles. The number of nitrogens with zero attached hydrogens (tertiary/aromatic N) is 2. The Morgan fingerprint density at radius 1 is 1.21 bits per heavy atom. The van der Waals surface area contributed by atoms with Crippen molar-refractivity contribution in [1.82, 2.24) is 9.55 Å². The van der Waals surface area contributed by atoms with Crippen LogP contribution in [0.4, 0.5) is 5.82 Å². The zero-order chi connectivity index (χ0) is 21.0. The lowest BCUT2D eigenvalue weighted by Gasteiger charge is -2.20. The summed E-state index contributed by atoms with van der Waals surface area (Å²) in [4.78, 5) is 49.3. The maximum atomic E-state index is 12.2. The number of nitrogen functional groups attached to an aromatic ring is 1. The van der Waals surface area contributed by atoms with Gasteiger partial charge < -0.3 is 29.8 Å². The summed E-state index contributed by atoms with van der Waals surface area (Å²) in [6.07, 6.45) is -3.76. The number of hydrogen-bond acceptors (Lipinski definition) is 11. The van der Waals surface area contributed by atoms with Crippen molar-refractivity contribution in [2.75, 3.05) is 12.3 Å². The third-order valence-electron chi connectivity index (χ3n) is 3.83. The molecule has 0 aliphatic carbocycles. The average molecular weight is 399 g/mol. The molecule has 3 N–H and O–H groups in total. The number of hydrogen-bond donors (Lipinski definition) is 2. The number of carbonyl (C=O) groups is 3. The van der Waals surface area contributed by atoms with E-state index >= 15 is 0 Å². The van der Waals surface area contributed by atoms with Crippen LogP contribution in [-0.4, -0.2) is 57.5 Å². The quantitative estimate of drug-likeness (QED) is 0.428. The highest BCUT2D eigenvalue weighted by Crippen LogP contribution is 2.31. The van der Waals surface area contributed by atoms with Crippen molar-refractivity contribution in [3.05, 3.63) is 22.2 Å². The summed E-state index contributed by atoms with van der Waals surface area (Å²) >= 11 is 0. The van der Waals surface area contributed by atoms with Gasteiger partial charge in [0.25, 0.3) is 0 Å². The predicted octanol–water partition coefficient (Wildman–Crippen LogP) is -1.36. The Kier molecular flexibility index (Phi) is 6.70. The molecule has 28 heavy (non-hydrogen) atoms. The topological polar surface area (TPSA) is 169 Å². The van der Waals surface area contributed by atoms with Crippen LogP contribution >= 0.6 is 0 Å². The van der Waals surface area contributed by atoms with Crippen molar-refractivity contribution in [3.8, 4) is 0 Å². The molecule has 2 heterocycles. The van der Waals surface area contributed by atoms with Crippen LogP contribution in [0.2, 0.25) is 0 Å². The van der Waals surface area contributed by atoms with Crippen LogP contribution in [0.25, 0.3) is 0 Å². The molecule has 0 amide bonds. The van der Waals surface area contributed by atoms with Gasteiger partial charge in [-0.05, 0) is 0 Å². The molecule has 0 spiro atoms. The molecule has 0 bridgehead atoms. The molecule has 0 unspecified atom stereocenters. The molecule has 2 rings (SSSR count). The highest BCUT2D eigenvalue weighted by atomic mass is 16.6. The number of aromatic nitrogens is 2. The molecule has 154 valence electrons. The van der Waals surface area contributed by atoms with Crippen LogP contribution in [0.15, 0.2) is 11.0 Å². The maximum Gasteiger partial charge on any atom is 0.351 e. The summed E-state index contributed by atoms with van der Waals surface area (Å²) in [5.74, 6) is -2.01. The first-order chi connectivity index (χ1) is 13.1. The molecular weight excluding hydrogens is 378 g/mol. The van der Waals surface area contributed by atoms with Gasteiger partial charge in [0.05, 0.1) is 0 Å². The minimum absolute atomic E-state index is 0.150. The SMILES string of the molecule is CC(=O)OCc1cn([C@@H]2O[C@H](COC(C)=O)[C@@H](OC(C)=O)[C@@H]2O)c(=O)nc1N. The Hall–Kier alpha value is -2.99. The maximum absolute atomic E-state index is 12.2. The summed E-state index contributed by atoms with van der Waals surface area (Å²) in [6.45, 7) is 2.96. The minimum atomic E-state index is -1.46. The number of rotatable bonds is 6. The molecule has 12 heteroatoms. The largest absolute Gasteiger partial charge is 0.463 e. The molecular formula is C16H21N3O9. The normalized spacial score (nSPS) is 23.9. The predicted molar refractivity (Wildman–Crippen MR) is 90.5 cm³/mol. The Morgan fingerprint density at radius 3 is 2.43 bits per heavy atom. The molecule has 0 aromatic carbocycles. The van der Waals surface area contributed by atoms with Gasteiger partial charge >= 0.3 is 23.6 Å². The molecule has 1 aliphatic heterocycles. The Labute approximate surface area is 159 Å². The van der Waals surface area contributed by atoms with E-state index in [0.717, 1.165) is 11.5 Å². The minimum Gasteiger partial charge on any atom is -0.463 e. The zero-order valence-electron chi connectivity index (χ0n) is 15.5. The van der Waals surface area contributed by atoms with Gasteiger partial charge in [-0.3, -0.25) is 19.0 Å². The number of carbonyl (C=O) groups excluding carboxylic acids is 3. The molecule has 1 saturated heterocycles. The van der Waals surface area contributed by atoms with Crippen LogP contribution in [-0.2, 0) is 39.9 Å². The van der Waals surface area contributed by atoms with Crippen molar-refractivity contribution < 1.29 is 38.4 Å². The first-order valence-electron chi connectivity index (χ1n) is 8.25. The molecule has 1 aromatic rings. The van der Waals surface area contributed by atoms with Gasteiger partial charge in [-0.25, -0.2) is 4.79 Å². The van der Waals surface area contributed by atoms with Gasteiger partial charge in [0.15, 0.2) is 12.3 Å². The van der Waals surface area contributed by atoms with Crippen molar-refractivity contribution in [1.29, 1.82) is 0 Å². The average Bonchev–Trinajstić information content (AvgIpc) is 2.88. The third kappa shape index (κ3) is 5.04. The highest BCUT2D eigenvalue weighted by molar-refractivity contribution is 5.67. The van der Waals surface area contributed by atoms with Crippen LogP contribution in [0, 0.1) is 0 Å². The third-order valence-corrected chi connectivity index (χ3v) is 3.83. The second kappa shape index (κ2) is 8.80. The summed E-state index contributed by atoms with van der Waals surface area (Å²) < 4.78 is 21.3. The fourth-order valence-electron chi connectivity index (χ4n) is 2.61. The van der Waals surface area contributed by atoms with Gasteiger partial charge in [-0.1, -0.05) is 0 Å². The van der Waals surface area contributed by atoms with Gasteiger partial charge in [0.2, 0.25) is 0 Å². The van der Waals surface area contributed by atoms with E-state index in [4.69, 9.17) is 24.7 Å². The Morgan fingerprint density at radius 2 is 1.86 bits per heavy atom. The van der Waals surface area contributed by atoms with Gasteiger partial charge in [-0.2, -0.15) is 4.98 Å². The fourth-order valence-corrected chi connectivity index (χ4v) is 2.61.